The van der Waals surface area contributed by atoms with Crippen LogP contribution >= 0.6 is 0 Å². The summed E-state index contributed by atoms with van der Waals surface area (Å²) in [7, 11) is 1.12. The van der Waals surface area contributed by atoms with Gasteiger partial charge in [-0.15, -0.1) is 0 Å². The molecular weight excluding hydrogens is 318 g/mol. The molecule has 0 heterocycles. The largest absolute Gasteiger partial charge is 0.467 e. The number of esters is 1. The molecule has 8 heteroatoms. The van der Waals surface area contributed by atoms with Crippen molar-refractivity contribution in [3.63, 3.8) is 0 Å². The van der Waals surface area contributed by atoms with E-state index in [0.29, 0.717) is 11.2 Å². The van der Waals surface area contributed by atoms with Crippen molar-refractivity contribution in [2.45, 2.75) is 71.6 Å². The number of ether oxygens (including phenoxy) is 3. The van der Waals surface area contributed by atoms with Crippen LogP contribution < -0.4 is 0 Å². The second-order valence-electron chi connectivity index (χ2n) is 7.11. The molecule has 8 nitrogen and oxygen atoms in total. The topological polar surface area (TPSA) is 99.2 Å². The summed E-state index contributed by atoms with van der Waals surface area (Å²) < 4.78 is 15.0. The zero-order valence-electron chi connectivity index (χ0n) is 15.4. The number of rotatable bonds is 5. The maximum absolute atomic E-state index is 12.4. The number of aldehydes is 1. The number of hydrogen-bond donors (Lipinski definition) is 0. The Morgan fingerprint density at radius 2 is 1.38 bits per heavy atom. The lowest BCUT2D eigenvalue weighted by molar-refractivity contribution is -0.147. The number of methoxy groups -OCH3 is 1. The number of nitrogens with zero attached hydrogens (tertiary/aromatic N) is 1. The summed E-state index contributed by atoms with van der Waals surface area (Å²) >= 11 is 0. The van der Waals surface area contributed by atoms with Crippen molar-refractivity contribution in [2.24, 2.45) is 0 Å². The van der Waals surface area contributed by atoms with Crippen LogP contribution in [0.2, 0.25) is 0 Å². The van der Waals surface area contributed by atoms with E-state index in [1.54, 1.807) is 41.5 Å². The Hall–Kier alpha value is -2.12. The predicted octanol–water partition coefficient (Wildman–Crippen LogP) is 2.68. The van der Waals surface area contributed by atoms with Crippen LogP contribution in [0.15, 0.2) is 0 Å². The Morgan fingerprint density at radius 3 is 1.67 bits per heavy atom. The van der Waals surface area contributed by atoms with Crippen LogP contribution in [0.25, 0.3) is 0 Å². The van der Waals surface area contributed by atoms with Gasteiger partial charge in [-0.05, 0) is 48.0 Å². The summed E-state index contributed by atoms with van der Waals surface area (Å²) in [5, 5.41) is 0. The minimum absolute atomic E-state index is 0.0398. The Morgan fingerprint density at radius 1 is 0.958 bits per heavy atom. The normalized spacial score (nSPS) is 12.8. The van der Waals surface area contributed by atoms with Crippen LogP contribution in [-0.2, 0) is 23.8 Å². The van der Waals surface area contributed by atoms with Gasteiger partial charge in [0.2, 0.25) is 0 Å². The molecule has 0 rings (SSSR count). The fraction of sp³-hybridized carbons (Fsp3) is 0.750. The molecule has 0 unspecified atom stereocenters. The van der Waals surface area contributed by atoms with Gasteiger partial charge >= 0.3 is 18.2 Å². The van der Waals surface area contributed by atoms with Crippen LogP contribution in [0.4, 0.5) is 9.59 Å². The van der Waals surface area contributed by atoms with E-state index in [1.165, 1.54) is 0 Å². The summed E-state index contributed by atoms with van der Waals surface area (Å²) in [5.74, 6) is -0.839. The van der Waals surface area contributed by atoms with E-state index < -0.39 is 35.4 Å². The second-order valence-corrected chi connectivity index (χ2v) is 7.11. The van der Waals surface area contributed by atoms with Gasteiger partial charge in [0.05, 0.1) is 7.11 Å². The summed E-state index contributed by atoms with van der Waals surface area (Å²) in [6.07, 6.45) is -1.63. The summed E-state index contributed by atoms with van der Waals surface area (Å²) in [6, 6.07) is -1.31. The fourth-order valence-electron chi connectivity index (χ4n) is 1.67. The molecule has 0 aliphatic carbocycles. The molecule has 2 amide bonds. The molecule has 0 aromatic heterocycles. The third-order valence-corrected chi connectivity index (χ3v) is 2.52. The first-order valence-electron chi connectivity index (χ1n) is 7.59. The van der Waals surface area contributed by atoms with Gasteiger partial charge in [0.1, 0.15) is 23.5 Å². The van der Waals surface area contributed by atoms with Crippen LogP contribution in [-0.4, -0.2) is 53.7 Å². The van der Waals surface area contributed by atoms with Crippen molar-refractivity contribution in [1.29, 1.82) is 0 Å². The number of imide groups is 1. The average molecular weight is 345 g/mol. The molecule has 0 saturated carbocycles. The van der Waals surface area contributed by atoms with E-state index in [1.807, 2.05) is 0 Å². The monoisotopic (exact) mass is 345 g/mol. The molecule has 0 N–H and O–H groups in total. The Bertz CT molecular complexity index is 446. The first-order valence-corrected chi connectivity index (χ1v) is 7.59. The highest BCUT2D eigenvalue weighted by Crippen LogP contribution is 2.19. The molecule has 0 saturated heterocycles. The number of carbonyl (C=O) groups is 4. The van der Waals surface area contributed by atoms with Crippen molar-refractivity contribution in [2.75, 3.05) is 7.11 Å². The van der Waals surface area contributed by atoms with E-state index in [0.717, 1.165) is 7.11 Å². The lowest BCUT2D eigenvalue weighted by Gasteiger charge is -2.32. The van der Waals surface area contributed by atoms with Crippen molar-refractivity contribution < 1.29 is 33.4 Å². The van der Waals surface area contributed by atoms with E-state index >= 15 is 0 Å². The maximum atomic E-state index is 12.4. The first-order chi connectivity index (χ1) is 10.8. The predicted molar refractivity (Wildman–Crippen MR) is 85.4 cm³/mol. The lowest BCUT2D eigenvalue weighted by atomic mass is 10.1. The third-order valence-electron chi connectivity index (χ3n) is 2.52. The maximum Gasteiger partial charge on any atom is 0.420 e. The highest BCUT2D eigenvalue weighted by atomic mass is 16.6. The zero-order valence-corrected chi connectivity index (χ0v) is 15.4. The van der Waals surface area contributed by atoms with Gasteiger partial charge in [-0.1, -0.05) is 0 Å². The van der Waals surface area contributed by atoms with Gasteiger partial charge in [0.15, 0.2) is 0 Å². The molecule has 0 aliphatic rings. The minimum Gasteiger partial charge on any atom is -0.467 e. The van der Waals surface area contributed by atoms with Crippen molar-refractivity contribution >= 4 is 24.4 Å². The molecule has 0 bridgehead atoms. The highest BCUT2D eigenvalue weighted by Gasteiger charge is 2.40. The van der Waals surface area contributed by atoms with E-state index in [9.17, 15) is 19.2 Å². The first kappa shape index (κ1) is 21.9. The molecule has 24 heavy (non-hydrogen) atoms. The molecule has 0 spiro atoms. The quantitative estimate of drug-likeness (QED) is 0.429. The molecule has 0 aromatic carbocycles. The van der Waals surface area contributed by atoms with Crippen LogP contribution in [0.3, 0.4) is 0 Å². The standard InChI is InChI=1S/C16H27NO7/c1-15(2,3)23-13(20)17(14(21)24-16(4,5)6)11(9-8-10-18)12(19)22-7/h10-11H,8-9H2,1-7H3/t11-/m0/s1. The molecule has 0 aromatic rings. The molecule has 0 fully saturated rings. The van der Waals surface area contributed by atoms with Gasteiger partial charge in [0.25, 0.3) is 0 Å². The Kier molecular flexibility index (Phi) is 7.89. The lowest BCUT2D eigenvalue weighted by Crippen LogP contribution is -2.52. The molecule has 0 aliphatic heterocycles. The van der Waals surface area contributed by atoms with Gasteiger partial charge in [-0.2, -0.15) is 4.90 Å². The van der Waals surface area contributed by atoms with Gasteiger partial charge in [-0.3, -0.25) is 0 Å². The van der Waals surface area contributed by atoms with Gasteiger partial charge in [-0.25, -0.2) is 14.4 Å². The van der Waals surface area contributed by atoms with Crippen LogP contribution in [0.1, 0.15) is 54.4 Å². The van der Waals surface area contributed by atoms with Crippen LogP contribution in [0.5, 0.6) is 0 Å². The van der Waals surface area contributed by atoms with Crippen LogP contribution in [0, 0.1) is 0 Å². The van der Waals surface area contributed by atoms with E-state index in [-0.39, 0.29) is 12.8 Å². The third kappa shape index (κ3) is 7.94. The second kappa shape index (κ2) is 8.65. The van der Waals surface area contributed by atoms with Crippen molar-refractivity contribution in [3.05, 3.63) is 0 Å². The fourth-order valence-corrected chi connectivity index (χ4v) is 1.67. The highest BCUT2D eigenvalue weighted by molar-refractivity contribution is 5.94. The van der Waals surface area contributed by atoms with Crippen molar-refractivity contribution in [1.82, 2.24) is 4.90 Å². The Labute approximate surface area is 142 Å². The summed E-state index contributed by atoms with van der Waals surface area (Å²) in [5.41, 5.74) is -1.77. The van der Waals surface area contributed by atoms with Gasteiger partial charge < -0.3 is 19.0 Å². The molecule has 138 valence electrons. The van der Waals surface area contributed by atoms with Crippen molar-refractivity contribution in [3.8, 4) is 0 Å². The van der Waals surface area contributed by atoms with E-state index in [4.69, 9.17) is 9.47 Å². The minimum atomic E-state index is -1.31. The molecule has 0 radical (unpaired) electrons. The number of hydrogen-bond acceptors (Lipinski definition) is 7. The molecular formula is C16H27NO7. The summed E-state index contributed by atoms with van der Waals surface area (Å²) in [4.78, 5) is 48.0. The smallest absolute Gasteiger partial charge is 0.420 e. The van der Waals surface area contributed by atoms with Gasteiger partial charge in [0, 0.05) is 6.42 Å². The Balaban J connectivity index is 5.69. The SMILES string of the molecule is COC(=O)[C@H](CCC=O)N(C(=O)OC(C)(C)C)C(=O)OC(C)(C)C. The summed E-state index contributed by atoms with van der Waals surface area (Å²) in [6.45, 7) is 9.73. The molecule has 1 atom stereocenters. The van der Waals surface area contributed by atoms with E-state index in [2.05, 4.69) is 4.74 Å². The number of carbonyl (C=O) groups excluding carboxylic acids is 4. The zero-order chi connectivity index (χ0) is 19.1. The number of amides is 2. The average Bonchev–Trinajstić information content (AvgIpc) is 2.38.